The molecule has 0 spiro atoms. The quantitative estimate of drug-likeness (QED) is 0.166. The number of alkyl halides is 3. The molecule has 1 nitrogen and oxygen atoms in total. The van der Waals surface area contributed by atoms with E-state index in [0.717, 1.165) is 30.5 Å². The molecule has 0 radical (unpaired) electrons. The average molecular weight is 563 g/mol. The van der Waals surface area contributed by atoms with Crippen molar-refractivity contribution in [2.24, 2.45) is 0 Å². The van der Waals surface area contributed by atoms with Crippen molar-refractivity contribution in [1.29, 1.82) is 0 Å². The monoisotopic (exact) mass is 562 g/mol. The molecule has 4 aromatic rings. The summed E-state index contributed by atoms with van der Waals surface area (Å²) in [5.74, 6) is -2.94. The first kappa shape index (κ1) is 29.4. The largest absolute Gasteiger partial charge is 0.481 e. The average Bonchev–Trinajstić information content (AvgIpc) is 2.90. The molecule has 8 heteroatoms. The Balaban J connectivity index is 1.41. The number of aryl methyl sites for hydroxylation is 4. The summed E-state index contributed by atoms with van der Waals surface area (Å²) in [6, 6.07) is 15.0. The Bertz CT molecular complexity index is 1450. The van der Waals surface area contributed by atoms with Crippen molar-refractivity contribution >= 4 is 10.8 Å². The fourth-order valence-corrected chi connectivity index (χ4v) is 4.68. The highest BCUT2D eigenvalue weighted by Crippen LogP contribution is 2.27. The summed E-state index contributed by atoms with van der Waals surface area (Å²) in [5.41, 5.74) is 2.40. The van der Waals surface area contributed by atoms with Crippen LogP contribution in [-0.4, -0.2) is 12.8 Å². The lowest BCUT2D eigenvalue weighted by Gasteiger charge is -2.12. The molecule has 0 saturated heterocycles. The second-order valence-corrected chi connectivity index (χ2v) is 9.90. The SMILES string of the molecule is CCCCc1cc(F)c(CCc2ccc3c(F)c(CCc4ccc(OCC(F)(F)F)c(F)c4)ccc3c2)c(F)c1. The minimum Gasteiger partial charge on any atom is -0.481 e. The van der Waals surface area contributed by atoms with Gasteiger partial charge in [0.1, 0.15) is 17.5 Å². The van der Waals surface area contributed by atoms with E-state index in [1.54, 1.807) is 30.3 Å². The Morgan fingerprint density at radius 1 is 0.650 bits per heavy atom. The number of ether oxygens (including phenoxy) is 1. The third-order valence-corrected chi connectivity index (χ3v) is 6.85. The Labute approximate surface area is 228 Å². The summed E-state index contributed by atoms with van der Waals surface area (Å²) in [6.07, 6.45) is -1.06. The van der Waals surface area contributed by atoms with Gasteiger partial charge in [-0.2, -0.15) is 13.2 Å². The second kappa shape index (κ2) is 12.7. The predicted molar refractivity (Wildman–Crippen MR) is 142 cm³/mol. The number of fused-ring (bicyclic) bond motifs is 1. The Morgan fingerprint density at radius 3 is 1.98 bits per heavy atom. The normalized spacial score (nSPS) is 11.8. The molecule has 212 valence electrons. The molecule has 0 bridgehead atoms. The highest BCUT2D eigenvalue weighted by molar-refractivity contribution is 5.84. The lowest BCUT2D eigenvalue weighted by Crippen LogP contribution is -2.19. The van der Waals surface area contributed by atoms with Gasteiger partial charge < -0.3 is 4.74 Å². The molecule has 0 amide bonds. The molecule has 0 unspecified atom stereocenters. The fourth-order valence-electron chi connectivity index (χ4n) is 4.68. The Hall–Kier alpha value is -3.55. The fraction of sp³-hybridized carbons (Fsp3) is 0.312. The third-order valence-electron chi connectivity index (χ3n) is 6.85. The van der Waals surface area contributed by atoms with Gasteiger partial charge >= 0.3 is 6.18 Å². The van der Waals surface area contributed by atoms with E-state index in [1.807, 2.05) is 6.92 Å². The molecule has 0 aliphatic carbocycles. The molecule has 40 heavy (non-hydrogen) atoms. The smallest absolute Gasteiger partial charge is 0.422 e. The van der Waals surface area contributed by atoms with Gasteiger partial charge in [0.05, 0.1) is 0 Å². The van der Waals surface area contributed by atoms with Crippen LogP contribution < -0.4 is 4.74 Å². The predicted octanol–water partition coefficient (Wildman–Crippen LogP) is 9.25. The lowest BCUT2D eigenvalue weighted by atomic mass is 9.96. The van der Waals surface area contributed by atoms with Gasteiger partial charge in [0.25, 0.3) is 0 Å². The van der Waals surface area contributed by atoms with E-state index in [4.69, 9.17) is 0 Å². The van der Waals surface area contributed by atoms with Crippen molar-refractivity contribution in [3.8, 4) is 5.75 Å². The third kappa shape index (κ3) is 7.55. The van der Waals surface area contributed by atoms with Crippen molar-refractivity contribution in [3.05, 3.63) is 112 Å². The number of unbranched alkanes of at least 4 members (excludes halogenated alkanes) is 1. The van der Waals surface area contributed by atoms with Crippen LogP contribution in [0, 0.1) is 23.3 Å². The van der Waals surface area contributed by atoms with E-state index >= 15 is 4.39 Å². The van der Waals surface area contributed by atoms with E-state index in [1.165, 1.54) is 18.2 Å². The van der Waals surface area contributed by atoms with Crippen LogP contribution in [0.15, 0.2) is 60.7 Å². The van der Waals surface area contributed by atoms with Crippen molar-refractivity contribution in [3.63, 3.8) is 0 Å². The molecule has 4 rings (SSSR count). The molecule has 0 heterocycles. The molecule has 0 aliphatic heterocycles. The molecule has 0 fully saturated rings. The summed E-state index contributed by atoms with van der Waals surface area (Å²) >= 11 is 0. The van der Waals surface area contributed by atoms with Gasteiger partial charge in [-0.25, -0.2) is 17.6 Å². The summed E-state index contributed by atoms with van der Waals surface area (Å²) in [7, 11) is 0. The van der Waals surface area contributed by atoms with E-state index in [9.17, 15) is 26.3 Å². The van der Waals surface area contributed by atoms with Crippen molar-refractivity contribution in [1.82, 2.24) is 0 Å². The first-order chi connectivity index (χ1) is 19.0. The van der Waals surface area contributed by atoms with E-state index in [2.05, 4.69) is 4.74 Å². The highest BCUT2D eigenvalue weighted by atomic mass is 19.4. The summed E-state index contributed by atoms with van der Waals surface area (Å²) < 4.78 is 99.9. The molecule has 0 aliphatic rings. The van der Waals surface area contributed by atoms with Crippen LogP contribution in [0.5, 0.6) is 5.75 Å². The first-order valence-electron chi connectivity index (χ1n) is 13.2. The minimum absolute atomic E-state index is 0.0401. The number of benzene rings is 4. The second-order valence-electron chi connectivity index (χ2n) is 9.90. The molecule has 0 saturated carbocycles. The zero-order valence-electron chi connectivity index (χ0n) is 22.0. The van der Waals surface area contributed by atoms with Crippen LogP contribution in [-0.2, 0) is 32.1 Å². The maximum absolute atomic E-state index is 15.2. The van der Waals surface area contributed by atoms with Crippen molar-refractivity contribution in [2.75, 3.05) is 6.61 Å². The number of halogens is 7. The van der Waals surface area contributed by atoms with Gasteiger partial charge in [-0.15, -0.1) is 0 Å². The van der Waals surface area contributed by atoms with Gasteiger partial charge in [0.2, 0.25) is 0 Å². The summed E-state index contributed by atoms with van der Waals surface area (Å²) in [4.78, 5) is 0. The number of hydrogen-bond donors (Lipinski definition) is 0. The van der Waals surface area contributed by atoms with Crippen LogP contribution in [0.4, 0.5) is 30.7 Å². The van der Waals surface area contributed by atoms with E-state index in [0.29, 0.717) is 40.3 Å². The minimum atomic E-state index is -4.57. The lowest BCUT2D eigenvalue weighted by molar-refractivity contribution is -0.153. The molecule has 0 aromatic heterocycles. The van der Waals surface area contributed by atoms with Crippen LogP contribution in [0.2, 0.25) is 0 Å². The summed E-state index contributed by atoms with van der Waals surface area (Å²) in [6.45, 7) is 0.429. The first-order valence-corrected chi connectivity index (χ1v) is 13.2. The van der Waals surface area contributed by atoms with Crippen LogP contribution in [0.1, 0.15) is 47.6 Å². The van der Waals surface area contributed by atoms with Crippen LogP contribution in [0.3, 0.4) is 0 Å². The number of rotatable bonds is 11. The van der Waals surface area contributed by atoms with Gasteiger partial charge in [0.15, 0.2) is 18.2 Å². The van der Waals surface area contributed by atoms with Gasteiger partial charge in [-0.05, 0) is 90.4 Å². The van der Waals surface area contributed by atoms with E-state index < -0.39 is 41.8 Å². The molecular formula is C32H29F7O. The topological polar surface area (TPSA) is 9.23 Å². The Morgan fingerprint density at radius 2 is 1.30 bits per heavy atom. The maximum Gasteiger partial charge on any atom is 0.422 e. The standard InChI is InChI=1S/C32H29F7O/c1-2-3-4-22-17-27(33)26(28(34)18-22)13-7-20-6-12-25-24(15-20)11-10-23(31(25)36)9-5-21-8-14-30(29(35)16-21)40-19-32(37,38)39/h6,8,10-12,14-18H,2-5,7,9,13,19H2,1H3. The molecule has 0 atom stereocenters. The maximum atomic E-state index is 15.2. The van der Waals surface area contributed by atoms with Gasteiger partial charge in [0, 0.05) is 10.9 Å². The summed E-state index contributed by atoms with van der Waals surface area (Å²) in [5, 5.41) is 1.03. The van der Waals surface area contributed by atoms with Crippen molar-refractivity contribution in [2.45, 2.75) is 58.0 Å². The van der Waals surface area contributed by atoms with Crippen molar-refractivity contribution < 1.29 is 35.5 Å². The molecule has 0 N–H and O–H groups in total. The van der Waals surface area contributed by atoms with Crippen LogP contribution in [0.25, 0.3) is 10.8 Å². The zero-order chi connectivity index (χ0) is 28.9. The zero-order valence-corrected chi connectivity index (χ0v) is 22.0. The Kier molecular flexibility index (Phi) is 9.38. The molecule has 4 aromatic carbocycles. The highest BCUT2D eigenvalue weighted by Gasteiger charge is 2.29. The van der Waals surface area contributed by atoms with Gasteiger partial charge in [-0.3, -0.25) is 0 Å². The van der Waals surface area contributed by atoms with Crippen LogP contribution >= 0.6 is 0 Å². The van der Waals surface area contributed by atoms with E-state index in [-0.39, 0.29) is 24.8 Å². The number of hydrogen-bond acceptors (Lipinski definition) is 1. The molecular weight excluding hydrogens is 533 g/mol. The van der Waals surface area contributed by atoms with Gasteiger partial charge in [-0.1, -0.05) is 49.7 Å².